The molecule has 1 aliphatic heterocycles. The molecule has 0 aliphatic carbocycles. The fraction of sp³-hybridized carbons (Fsp3) is 0.350. The van der Waals surface area contributed by atoms with Gasteiger partial charge >= 0.3 is 0 Å². The van der Waals surface area contributed by atoms with Gasteiger partial charge in [-0.15, -0.1) is 0 Å². The lowest BCUT2D eigenvalue weighted by atomic mass is 9.86. The zero-order valence-electron chi connectivity index (χ0n) is 13.8. The van der Waals surface area contributed by atoms with Crippen LogP contribution in [0, 0.1) is 0 Å². The van der Waals surface area contributed by atoms with E-state index >= 15 is 0 Å². The number of aliphatic hydroxyl groups is 1. The Hall–Kier alpha value is -2.33. The van der Waals surface area contributed by atoms with Gasteiger partial charge in [0.05, 0.1) is 6.10 Å². The summed E-state index contributed by atoms with van der Waals surface area (Å²) in [6.45, 7) is 1.79. The highest BCUT2D eigenvalue weighted by molar-refractivity contribution is 5.78. The van der Waals surface area contributed by atoms with Crippen LogP contribution in [0.3, 0.4) is 0 Å². The number of nitrogens with one attached hydrogen (secondary N) is 1. The Labute approximate surface area is 142 Å². The predicted molar refractivity (Wildman–Crippen MR) is 93.2 cm³/mol. The third-order valence-electron chi connectivity index (χ3n) is 4.37. The summed E-state index contributed by atoms with van der Waals surface area (Å²) >= 11 is 0. The van der Waals surface area contributed by atoms with E-state index in [1.165, 1.54) is 0 Å². The predicted octanol–water partition coefficient (Wildman–Crippen LogP) is 3.61. The minimum atomic E-state index is -0.425. The average molecular weight is 325 g/mol. The van der Waals surface area contributed by atoms with E-state index in [0.717, 1.165) is 23.5 Å². The molecule has 0 bridgehead atoms. The molecule has 0 aromatic heterocycles. The largest absolute Gasteiger partial charge is 0.457 e. The SMILES string of the molecule is CC(O)CC(c1cccc(Oc2ccccc2)c1)C1CCC(=O)N1. The molecule has 4 nitrogen and oxygen atoms in total. The van der Waals surface area contributed by atoms with E-state index in [9.17, 15) is 9.90 Å². The van der Waals surface area contributed by atoms with E-state index in [-0.39, 0.29) is 17.9 Å². The minimum Gasteiger partial charge on any atom is -0.457 e. The van der Waals surface area contributed by atoms with Gasteiger partial charge in [-0.1, -0.05) is 30.3 Å². The van der Waals surface area contributed by atoms with Gasteiger partial charge in [0, 0.05) is 18.4 Å². The Morgan fingerprint density at radius 1 is 1.17 bits per heavy atom. The van der Waals surface area contributed by atoms with Gasteiger partial charge in [0.2, 0.25) is 5.91 Å². The molecule has 0 radical (unpaired) electrons. The number of carbonyl (C=O) groups is 1. The molecule has 1 aliphatic rings. The summed E-state index contributed by atoms with van der Waals surface area (Å²) in [5, 5.41) is 12.9. The van der Waals surface area contributed by atoms with Crippen LogP contribution in [0.4, 0.5) is 0 Å². The number of hydrogen-bond donors (Lipinski definition) is 2. The molecule has 2 N–H and O–H groups in total. The van der Waals surface area contributed by atoms with E-state index in [0.29, 0.717) is 12.8 Å². The summed E-state index contributed by atoms with van der Waals surface area (Å²) in [6, 6.07) is 17.6. The molecule has 3 rings (SSSR count). The smallest absolute Gasteiger partial charge is 0.220 e. The minimum absolute atomic E-state index is 0.0686. The number of ether oxygens (including phenoxy) is 1. The summed E-state index contributed by atoms with van der Waals surface area (Å²) in [5.74, 6) is 1.72. The molecule has 0 spiro atoms. The molecular weight excluding hydrogens is 302 g/mol. The van der Waals surface area contributed by atoms with E-state index in [1.807, 2.05) is 54.6 Å². The molecule has 1 amide bonds. The number of amides is 1. The van der Waals surface area contributed by atoms with Crippen LogP contribution in [-0.4, -0.2) is 23.2 Å². The zero-order valence-corrected chi connectivity index (χ0v) is 13.8. The molecule has 3 unspecified atom stereocenters. The summed E-state index contributed by atoms with van der Waals surface area (Å²) in [5.41, 5.74) is 1.08. The van der Waals surface area contributed by atoms with Gasteiger partial charge in [-0.05, 0) is 49.6 Å². The van der Waals surface area contributed by atoms with Gasteiger partial charge in [0.15, 0.2) is 0 Å². The standard InChI is InChI=1S/C20H23NO3/c1-14(22)12-18(19-10-11-20(23)21-19)15-6-5-9-17(13-15)24-16-7-3-2-4-8-16/h2-9,13-14,18-19,22H,10-12H2,1H3,(H,21,23). The average Bonchev–Trinajstić information content (AvgIpc) is 3.00. The molecule has 24 heavy (non-hydrogen) atoms. The number of aliphatic hydroxyl groups excluding tert-OH is 1. The number of para-hydroxylation sites is 1. The highest BCUT2D eigenvalue weighted by Gasteiger charge is 2.30. The van der Waals surface area contributed by atoms with Crippen molar-refractivity contribution in [3.8, 4) is 11.5 Å². The van der Waals surface area contributed by atoms with Crippen LogP contribution in [0.25, 0.3) is 0 Å². The van der Waals surface area contributed by atoms with Gasteiger partial charge in [0.1, 0.15) is 11.5 Å². The fourth-order valence-corrected chi connectivity index (χ4v) is 3.27. The Morgan fingerprint density at radius 3 is 2.58 bits per heavy atom. The Morgan fingerprint density at radius 2 is 1.92 bits per heavy atom. The van der Waals surface area contributed by atoms with E-state index in [4.69, 9.17) is 4.74 Å². The van der Waals surface area contributed by atoms with Gasteiger partial charge in [0.25, 0.3) is 0 Å². The first-order chi connectivity index (χ1) is 11.6. The summed E-state index contributed by atoms with van der Waals surface area (Å²) in [6.07, 6.45) is 1.55. The molecule has 0 saturated carbocycles. The molecular formula is C20H23NO3. The van der Waals surface area contributed by atoms with Crippen LogP contribution >= 0.6 is 0 Å². The first-order valence-electron chi connectivity index (χ1n) is 8.42. The molecule has 3 atom stereocenters. The van der Waals surface area contributed by atoms with Crippen molar-refractivity contribution < 1.29 is 14.6 Å². The first kappa shape index (κ1) is 16.5. The van der Waals surface area contributed by atoms with Gasteiger partial charge in [-0.2, -0.15) is 0 Å². The second-order valence-corrected chi connectivity index (χ2v) is 6.39. The maximum Gasteiger partial charge on any atom is 0.220 e. The topological polar surface area (TPSA) is 58.6 Å². The molecule has 2 aromatic carbocycles. The molecule has 1 heterocycles. The summed E-state index contributed by atoms with van der Waals surface area (Å²) in [4.78, 5) is 11.6. The van der Waals surface area contributed by atoms with Crippen molar-refractivity contribution >= 4 is 5.91 Å². The van der Waals surface area contributed by atoms with Crippen molar-refractivity contribution in [2.45, 2.75) is 44.2 Å². The van der Waals surface area contributed by atoms with Gasteiger partial charge in [-0.25, -0.2) is 0 Å². The number of hydrogen-bond acceptors (Lipinski definition) is 3. The van der Waals surface area contributed by atoms with Crippen molar-refractivity contribution in [2.24, 2.45) is 0 Å². The molecule has 2 aromatic rings. The lowest BCUT2D eigenvalue weighted by Crippen LogP contribution is -2.33. The van der Waals surface area contributed by atoms with Crippen molar-refractivity contribution in [3.05, 3.63) is 60.2 Å². The van der Waals surface area contributed by atoms with Crippen LogP contribution < -0.4 is 10.1 Å². The number of carbonyl (C=O) groups excluding carboxylic acids is 1. The van der Waals surface area contributed by atoms with Crippen molar-refractivity contribution in [2.75, 3.05) is 0 Å². The van der Waals surface area contributed by atoms with Crippen LogP contribution in [0.1, 0.15) is 37.7 Å². The number of benzene rings is 2. The first-order valence-corrected chi connectivity index (χ1v) is 8.42. The van der Waals surface area contributed by atoms with Crippen LogP contribution in [0.5, 0.6) is 11.5 Å². The van der Waals surface area contributed by atoms with Crippen molar-refractivity contribution in [1.29, 1.82) is 0 Å². The monoisotopic (exact) mass is 325 g/mol. The lowest BCUT2D eigenvalue weighted by Gasteiger charge is -2.25. The van der Waals surface area contributed by atoms with Crippen LogP contribution in [0.2, 0.25) is 0 Å². The maximum absolute atomic E-state index is 11.6. The third-order valence-corrected chi connectivity index (χ3v) is 4.37. The van der Waals surface area contributed by atoms with Gasteiger partial charge in [-0.3, -0.25) is 4.79 Å². The molecule has 4 heteroatoms. The third kappa shape index (κ3) is 4.15. The Bertz CT molecular complexity index is 684. The Balaban J connectivity index is 1.82. The normalized spacial score (nSPS) is 19.6. The lowest BCUT2D eigenvalue weighted by molar-refractivity contribution is -0.119. The number of rotatable bonds is 6. The van der Waals surface area contributed by atoms with Crippen LogP contribution in [-0.2, 0) is 4.79 Å². The van der Waals surface area contributed by atoms with E-state index in [2.05, 4.69) is 5.32 Å². The molecule has 1 saturated heterocycles. The fourth-order valence-electron chi connectivity index (χ4n) is 3.27. The van der Waals surface area contributed by atoms with Crippen molar-refractivity contribution in [3.63, 3.8) is 0 Å². The van der Waals surface area contributed by atoms with Gasteiger partial charge < -0.3 is 15.2 Å². The molecule has 126 valence electrons. The van der Waals surface area contributed by atoms with Crippen molar-refractivity contribution in [1.82, 2.24) is 5.32 Å². The van der Waals surface area contributed by atoms with E-state index in [1.54, 1.807) is 6.92 Å². The quantitative estimate of drug-likeness (QED) is 0.853. The summed E-state index contributed by atoms with van der Waals surface area (Å²) in [7, 11) is 0. The zero-order chi connectivity index (χ0) is 16.9. The maximum atomic E-state index is 11.6. The van der Waals surface area contributed by atoms with Crippen LogP contribution in [0.15, 0.2) is 54.6 Å². The second kappa shape index (κ2) is 7.49. The second-order valence-electron chi connectivity index (χ2n) is 6.39. The van der Waals surface area contributed by atoms with E-state index < -0.39 is 6.10 Å². The Kier molecular flexibility index (Phi) is 5.16. The molecule has 1 fully saturated rings. The highest BCUT2D eigenvalue weighted by Crippen LogP contribution is 2.33. The highest BCUT2D eigenvalue weighted by atomic mass is 16.5. The summed E-state index contributed by atoms with van der Waals surface area (Å²) < 4.78 is 5.91.